The predicted octanol–water partition coefficient (Wildman–Crippen LogP) is 11.3. The molecule has 0 bridgehead atoms. The maximum atomic E-state index is 13.4. The topological polar surface area (TPSA) is 72.8 Å². The quantitative estimate of drug-likeness (QED) is 0.0913. The van der Waals surface area contributed by atoms with Crippen LogP contribution in [0.25, 0.3) is 0 Å². The summed E-state index contributed by atoms with van der Waals surface area (Å²) >= 11 is 0. The molecule has 5 nitrogen and oxygen atoms in total. The van der Waals surface area contributed by atoms with Crippen molar-refractivity contribution in [1.29, 1.82) is 0 Å². The second-order valence-corrected chi connectivity index (χ2v) is 15.1. The molecule has 248 valence electrons. The van der Waals surface area contributed by atoms with E-state index in [1.165, 1.54) is 89.9 Å². The Hall–Kier alpha value is -2.04. The van der Waals surface area contributed by atoms with Gasteiger partial charge in [0.1, 0.15) is 5.75 Å². The molecule has 2 atom stereocenters. The van der Waals surface area contributed by atoms with Crippen molar-refractivity contribution in [3.63, 3.8) is 0 Å². The van der Waals surface area contributed by atoms with E-state index in [9.17, 15) is 14.7 Å². The minimum absolute atomic E-state index is 0.190. The van der Waals surface area contributed by atoms with Crippen LogP contribution in [0.2, 0.25) is 0 Å². The predicted molar refractivity (Wildman–Crippen MR) is 179 cm³/mol. The molecule has 1 aromatic carbocycles. The van der Waals surface area contributed by atoms with Gasteiger partial charge in [0, 0.05) is 0 Å². The Balaban J connectivity index is 2.36. The minimum atomic E-state index is -1.10. The Morgan fingerprint density at radius 2 is 1.14 bits per heavy atom. The Morgan fingerprint density at radius 1 is 0.698 bits per heavy atom. The van der Waals surface area contributed by atoms with E-state index in [1.807, 2.05) is 61.5 Å². The Morgan fingerprint density at radius 3 is 1.56 bits per heavy atom. The molecule has 0 radical (unpaired) electrons. The first-order valence-electron chi connectivity index (χ1n) is 17.4. The van der Waals surface area contributed by atoms with Gasteiger partial charge in [-0.15, -0.1) is 0 Å². The Kier molecular flexibility index (Phi) is 17.6. The van der Waals surface area contributed by atoms with E-state index >= 15 is 0 Å². The van der Waals surface area contributed by atoms with Crippen LogP contribution in [0.4, 0.5) is 0 Å². The van der Waals surface area contributed by atoms with Crippen LogP contribution in [-0.2, 0) is 30.2 Å². The molecule has 0 amide bonds. The van der Waals surface area contributed by atoms with Crippen molar-refractivity contribution < 1.29 is 24.5 Å². The molecule has 43 heavy (non-hydrogen) atoms. The molecule has 0 aliphatic heterocycles. The summed E-state index contributed by atoms with van der Waals surface area (Å²) in [4.78, 5) is 36.4. The van der Waals surface area contributed by atoms with Crippen LogP contribution in [0.15, 0.2) is 18.2 Å². The van der Waals surface area contributed by atoms with E-state index in [2.05, 4.69) is 6.92 Å². The number of phenolic OH excluding ortho intramolecular Hbond substituents is 1. The van der Waals surface area contributed by atoms with Crippen molar-refractivity contribution in [2.75, 3.05) is 0 Å². The smallest absolute Gasteiger partial charge is 0.366 e. The number of hydrogen-bond donors (Lipinski definition) is 1. The maximum absolute atomic E-state index is 13.4. The first-order chi connectivity index (χ1) is 20.2. The van der Waals surface area contributed by atoms with Crippen LogP contribution < -0.4 is 0 Å². The summed E-state index contributed by atoms with van der Waals surface area (Å²) in [6, 6.07) is 5.24. The standard InChI is InChI=1S/C38H66O5/c1-10-11-12-13-14-15-16-17-18-19-20-21-22-23-24-25-26-30(2)34(40)42-43-35(41)38(9,37(6,7)8)31-27-28-33(39)32(29-31)36(3,4)5/h27-30,39H,10-26H2,1-9H3. The average Bonchev–Trinajstić information content (AvgIpc) is 2.93. The van der Waals surface area contributed by atoms with Gasteiger partial charge in [-0.3, -0.25) is 0 Å². The number of phenols is 1. The van der Waals surface area contributed by atoms with Gasteiger partial charge in [0.25, 0.3) is 0 Å². The van der Waals surface area contributed by atoms with Crippen LogP contribution in [0.1, 0.15) is 183 Å². The normalized spacial score (nSPS) is 14.3. The molecular formula is C38H66O5. The van der Waals surface area contributed by atoms with Crippen LogP contribution in [0, 0.1) is 11.3 Å². The highest BCUT2D eigenvalue weighted by molar-refractivity contribution is 5.84. The molecule has 0 spiro atoms. The first-order valence-corrected chi connectivity index (χ1v) is 17.4. The van der Waals surface area contributed by atoms with Crippen molar-refractivity contribution in [3.05, 3.63) is 29.3 Å². The van der Waals surface area contributed by atoms with E-state index in [4.69, 9.17) is 9.78 Å². The molecule has 0 aliphatic carbocycles. The summed E-state index contributed by atoms with van der Waals surface area (Å²) in [5.41, 5.74) is -0.486. The van der Waals surface area contributed by atoms with Crippen LogP contribution in [0.5, 0.6) is 5.75 Å². The molecule has 0 aromatic heterocycles. The van der Waals surface area contributed by atoms with Crippen molar-refractivity contribution in [2.45, 2.75) is 182 Å². The highest BCUT2D eigenvalue weighted by Crippen LogP contribution is 2.45. The van der Waals surface area contributed by atoms with Crippen LogP contribution in [-0.4, -0.2) is 17.0 Å². The fraction of sp³-hybridized carbons (Fsp3) is 0.789. The zero-order valence-electron chi connectivity index (χ0n) is 29.4. The highest BCUT2D eigenvalue weighted by atomic mass is 17.2. The third-order valence-electron chi connectivity index (χ3n) is 9.38. The zero-order valence-corrected chi connectivity index (χ0v) is 29.4. The van der Waals surface area contributed by atoms with E-state index in [-0.39, 0.29) is 17.1 Å². The van der Waals surface area contributed by atoms with Gasteiger partial charge in [-0.25, -0.2) is 19.4 Å². The number of rotatable bonds is 20. The molecule has 2 unspecified atom stereocenters. The van der Waals surface area contributed by atoms with Crippen LogP contribution in [0.3, 0.4) is 0 Å². The Bertz CT molecular complexity index is 939. The third kappa shape index (κ3) is 13.6. The summed E-state index contributed by atoms with van der Waals surface area (Å²) in [6.45, 7) is 17.8. The van der Waals surface area contributed by atoms with Gasteiger partial charge >= 0.3 is 11.9 Å². The van der Waals surface area contributed by atoms with Gasteiger partial charge < -0.3 is 5.11 Å². The molecule has 1 rings (SSSR count). The first kappa shape index (κ1) is 39.0. The molecular weight excluding hydrogens is 536 g/mol. The summed E-state index contributed by atoms with van der Waals surface area (Å²) < 4.78 is 0. The molecule has 1 N–H and O–H groups in total. The summed E-state index contributed by atoms with van der Waals surface area (Å²) in [6.07, 6.45) is 21.8. The van der Waals surface area contributed by atoms with Gasteiger partial charge in [0.15, 0.2) is 0 Å². The van der Waals surface area contributed by atoms with Gasteiger partial charge in [-0.05, 0) is 41.4 Å². The lowest BCUT2D eigenvalue weighted by Crippen LogP contribution is -2.46. The lowest BCUT2D eigenvalue weighted by molar-refractivity contribution is -0.268. The molecule has 0 aliphatic rings. The van der Waals surface area contributed by atoms with Crippen molar-refractivity contribution >= 4 is 11.9 Å². The number of aromatic hydroxyl groups is 1. The van der Waals surface area contributed by atoms with Crippen molar-refractivity contribution in [1.82, 2.24) is 0 Å². The molecule has 0 heterocycles. The molecule has 5 heteroatoms. The maximum Gasteiger partial charge on any atom is 0.366 e. The minimum Gasteiger partial charge on any atom is -0.508 e. The van der Waals surface area contributed by atoms with E-state index < -0.39 is 22.8 Å². The molecule has 0 saturated carbocycles. The Labute approximate surface area is 264 Å². The lowest BCUT2D eigenvalue weighted by Gasteiger charge is -2.39. The molecule has 1 aromatic rings. The third-order valence-corrected chi connectivity index (χ3v) is 9.38. The highest BCUT2D eigenvalue weighted by Gasteiger charge is 2.49. The van der Waals surface area contributed by atoms with Gasteiger partial charge in [-0.1, -0.05) is 170 Å². The van der Waals surface area contributed by atoms with Gasteiger partial charge in [-0.2, -0.15) is 0 Å². The number of benzene rings is 1. The van der Waals surface area contributed by atoms with Gasteiger partial charge in [0.05, 0.1) is 11.3 Å². The summed E-state index contributed by atoms with van der Waals surface area (Å²) in [5.74, 6) is -1.27. The summed E-state index contributed by atoms with van der Waals surface area (Å²) in [7, 11) is 0. The second kappa shape index (κ2) is 19.4. The lowest BCUT2D eigenvalue weighted by atomic mass is 9.63. The molecule has 0 saturated heterocycles. The fourth-order valence-corrected chi connectivity index (χ4v) is 5.67. The number of hydrogen-bond acceptors (Lipinski definition) is 5. The second-order valence-electron chi connectivity index (χ2n) is 15.1. The summed E-state index contributed by atoms with van der Waals surface area (Å²) in [5, 5.41) is 10.4. The van der Waals surface area contributed by atoms with Crippen LogP contribution >= 0.6 is 0 Å². The molecule has 0 fully saturated rings. The van der Waals surface area contributed by atoms with E-state index in [0.29, 0.717) is 5.56 Å². The van der Waals surface area contributed by atoms with E-state index in [0.717, 1.165) is 24.8 Å². The zero-order chi connectivity index (χ0) is 32.5. The number of carbonyl (C=O) groups is 2. The average molecular weight is 603 g/mol. The van der Waals surface area contributed by atoms with Crippen molar-refractivity contribution in [3.8, 4) is 5.75 Å². The monoisotopic (exact) mass is 602 g/mol. The largest absolute Gasteiger partial charge is 0.508 e. The van der Waals surface area contributed by atoms with Crippen molar-refractivity contribution in [2.24, 2.45) is 11.3 Å². The number of unbranched alkanes of at least 4 members (excludes halogenated alkanes) is 15. The number of carbonyl (C=O) groups excluding carboxylic acids is 2. The SMILES string of the molecule is CCCCCCCCCCCCCCCCCCC(C)C(=O)OOC(=O)C(C)(c1ccc(O)c(C(C)(C)C)c1)C(C)(C)C. The fourth-order valence-electron chi connectivity index (χ4n) is 5.67. The van der Waals surface area contributed by atoms with Gasteiger partial charge in [0.2, 0.25) is 0 Å². The van der Waals surface area contributed by atoms with E-state index in [1.54, 1.807) is 12.1 Å².